The summed E-state index contributed by atoms with van der Waals surface area (Å²) < 4.78 is 0.997. The van der Waals surface area contributed by atoms with Crippen molar-refractivity contribution in [2.75, 3.05) is 11.9 Å². The Morgan fingerprint density at radius 1 is 1.17 bits per heavy atom. The summed E-state index contributed by atoms with van der Waals surface area (Å²) in [7, 11) is 0. The second-order valence-corrected chi connectivity index (χ2v) is 8.66. The van der Waals surface area contributed by atoms with Crippen LogP contribution < -0.4 is 10.6 Å². The van der Waals surface area contributed by atoms with Crippen LogP contribution in [0.3, 0.4) is 0 Å². The lowest BCUT2D eigenvalue weighted by Gasteiger charge is -2.19. The quantitative estimate of drug-likeness (QED) is 0.645. The number of hydrogen-bond acceptors (Lipinski definition) is 5. The highest BCUT2D eigenvalue weighted by Gasteiger charge is 2.52. The third kappa shape index (κ3) is 3.04. The number of anilines is 1. The molecule has 148 valence electrons. The van der Waals surface area contributed by atoms with Crippen LogP contribution in [0.5, 0.6) is 0 Å². The maximum Gasteiger partial charge on any atom is 0.325 e. The number of nitrogens with one attached hydrogen (secondary N) is 2. The van der Waals surface area contributed by atoms with Gasteiger partial charge in [-0.15, -0.1) is 0 Å². The number of urea groups is 1. The van der Waals surface area contributed by atoms with E-state index in [2.05, 4.69) is 15.6 Å². The minimum absolute atomic E-state index is 0.0475. The molecule has 2 N–H and O–H groups in total. The number of carbonyl (C=O) groups excluding carboxylic acids is 3. The number of imide groups is 1. The first-order chi connectivity index (χ1) is 14.1. The molecule has 1 aliphatic carbocycles. The van der Waals surface area contributed by atoms with Crippen LogP contribution in [0.15, 0.2) is 36.4 Å². The molecule has 29 heavy (non-hydrogen) atoms. The molecule has 0 unspecified atom stereocenters. The lowest BCUT2D eigenvalue weighted by Crippen LogP contribution is -2.44. The van der Waals surface area contributed by atoms with Crippen LogP contribution in [-0.2, 0) is 9.59 Å². The summed E-state index contributed by atoms with van der Waals surface area (Å²) in [4.78, 5) is 43.0. The van der Waals surface area contributed by atoms with E-state index in [-0.39, 0.29) is 24.8 Å². The molecular weight excluding hydrogens is 388 g/mol. The predicted molar refractivity (Wildman–Crippen MR) is 112 cm³/mol. The van der Waals surface area contributed by atoms with E-state index in [0.717, 1.165) is 33.8 Å². The fourth-order valence-electron chi connectivity index (χ4n) is 4.31. The second-order valence-electron chi connectivity index (χ2n) is 7.63. The van der Waals surface area contributed by atoms with Gasteiger partial charge in [-0.3, -0.25) is 14.5 Å². The molecule has 5 rings (SSSR count). The molecule has 1 aliphatic heterocycles. The third-order valence-electron chi connectivity index (χ3n) is 5.80. The van der Waals surface area contributed by atoms with Crippen molar-refractivity contribution in [2.45, 2.75) is 37.6 Å². The number of rotatable bonds is 4. The number of fused-ring (bicyclic) bond motifs is 3. The van der Waals surface area contributed by atoms with Gasteiger partial charge >= 0.3 is 6.03 Å². The molecule has 0 radical (unpaired) electrons. The van der Waals surface area contributed by atoms with Gasteiger partial charge in [0.15, 0.2) is 5.13 Å². The molecule has 8 heteroatoms. The molecule has 1 saturated carbocycles. The van der Waals surface area contributed by atoms with E-state index in [9.17, 15) is 14.4 Å². The average molecular weight is 408 g/mol. The van der Waals surface area contributed by atoms with Crippen molar-refractivity contribution in [1.82, 2.24) is 15.2 Å². The van der Waals surface area contributed by atoms with E-state index in [4.69, 9.17) is 0 Å². The predicted octanol–water partition coefficient (Wildman–Crippen LogP) is 3.64. The van der Waals surface area contributed by atoms with Crippen LogP contribution in [0.2, 0.25) is 0 Å². The van der Waals surface area contributed by atoms with Gasteiger partial charge in [-0.05, 0) is 24.3 Å². The highest BCUT2D eigenvalue weighted by atomic mass is 32.1. The van der Waals surface area contributed by atoms with Gasteiger partial charge in [0.25, 0.3) is 5.91 Å². The summed E-state index contributed by atoms with van der Waals surface area (Å²) in [5.41, 5.74) is 0.127. The molecule has 3 aromatic rings. The minimum atomic E-state index is -0.734. The smallest absolute Gasteiger partial charge is 0.323 e. The molecular formula is C21H20N4O3S. The zero-order valence-electron chi connectivity index (χ0n) is 15.7. The molecule has 2 heterocycles. The Kier molecular flexibility index (Phi) is 4.24. The Hall–Kier alpha value is -3.00. The normalized spacial score (nSPS) is 18.1. The van der Waals surface area contributed by atoms with Crippen molar-refractivity contribution < 1.29 is 14.4 Å². The summed E-state index contributed by atoms with van der Waals surface area (Å²) in [5.74, 6) is -0.458. The van der Waals surface area contributed by atoms with E-state index in [1.54, 1.807) is 0 Å². The second kappa shape index (κ2) is 6.81. The average Bonchev–Trinajstić information content (AvgIpc) is 3.40. The van der Waals surface area contributed by atoms with Gasteiger partial charge in [0.2, 0.25) is 5.91 Å². The van der Waals surface area contributed by atoms with E-state index >= 15 is 0 Å². The Bertz CT molecular complexity index is 1150. The van der Waals surface area contributed by atoms with Crippen LogP contribution in [0.25, 0.3) is 21.0 Å². The first kappa shape index (κ1) is 18.1. The molecule has 2 aromatic carbocycles. The number of carbonyl (C=O) groups is 3. The largest absolute Gasteiger partial charge is 0.325 e. The lowest BCUT2D eigenvalue weighted by atomic mass is 9.98. The highest BCUT2D eigenvalue weighted by Crippen LogP contribution is 2.35. The summed E-state index contributed by atoms with van der Waals surface area (Å²) >= 11 is 1.41. The molecule has 2 aliphatic rings. The van der Waals surface area contributed by atoms with Crippen molar-refractivity contribution in [3.05, 3.63) is 36.4 Å². The Morgan fingerprint density at radius 3 is 2.79 bits per heavy atom. The molecule has 1 spiro atoms. The van der Waals surface area contributed by atoms with Crippen LogP contribution in [0.4, 0.5) is 9.93 Å². The lowest BCUT2D eigenvalue weighted by molar-refractivity contribution is -0.131. The highest BCUT2D eigenvalue weighted by molar-refractivity contribution is 7.22. The van der Waals surface area contributed by atoms with Crippen LogP contribution in [0.1, 0.15) is 32.1 Å². The van der Waals surface area contributed by atoms with Gasteiger partial charge in [0.1, 0.15) is 5.54 Å². The van der Waals surface area contributed by atoms with Crippen LogP contribution in [0, 0.1) is 0 Å². The van der Waals surface area contributed by atoms with Gasteiger partial charge in [0, 0.05) is 18.4 Å². The monoisotopic (exact) mass is 408 g/mol. The fourth-order valence-corrected chi connectivity index (χ4v) is 5.21. The van der Waals surface area contributed by atoms with Crippen LogP contribution >= 0.6 is 11.3 Å². The third-order valence-corrected chi connectivity index (χ3v) is 6.73. The minimum Gasteiger partial charge on any atom is -0.323 e. The topological polar surface area (TPSA) is 91.4 Å². The van der Waals surface area contributed by atoms with Crippen LogP contribution in [-0.4, -0.2) is 39.8 Å². The summed E-state index contributed by atoms with van der Waals surface area (Å²) in [6.45, 7) is 0.0755. The van der Waals surface area contributed by atoms with Crippen molar-refractivity contribution >= 4 is 55.3 Å². The first-order valence-corrected chi connectivity index (χ1v) is 10.6. The zero-order valence-corrected chi connectivity index (χ0v) is 16.6. The van der Waals surface area contributed by atoms with Crippen molar-refractivity contribution in [3.8, 4) is 0 Å². The summed E-state index contributed by atoms with van der Waals surface area (Å²) in [6, 6.07) is 11.6. The first-order valence-electron chi connectivity index (χ1n) is 9.78. The maximum atomic E-state index is 12.7. The Morgan fingerprint density at radius 2 is 1.97 bits per heavy atom. The maximum absolute atomic E-state index is 12.7. The number of aromatic nitrogens is 1. The summed E-state index contributed by atoms with van der Waals surface area (Å²) in [5, 5.41) is 8.31. The van der Waals surface area contributed by atoms with E-state index in [1.165, 1.54) is 16.2 Å². The molecule has 0 atom stereocenters. The molecule has 7 nitrogen and oxygen atoms in total. The number of benzene rings is 2. The van der Waals surface area contributed by atoms with Gasteiger partial charge in [-0.2, -0.15) is 0 Å². The van der Waals surface area contributed by atoms with Crippen molar-refractivity contribution in [1.29, 1.82) is 0 Å². The van der Waals surface area contributed by atoms with Crippen molar-refractivity contribution in [3.63, 3.8) is 0 Å². The molecule has 4 amide bonds. The van der Waals surface area contributed by atoms with E-state index in [1.807, 2.05) is 36.4 Å². The number of hydrogen-bond donors (Lipinski definition) is 2. The van der Waals surface area contributed by atoms with Gasteiger partial charge in [0.05, 0.1) is 10.2 Å². The van der Waals surface area contributed by atoms with Gasteiger partial charge in [-0.25, -0.2) is 9.78 Å². The molecule has 1 saturated heterocycles. The fraction of sp³-hybridized carbons (Fsp3) is 0.333. The zero-order chi connectivity index (χ0) is 20.0. The van der Waals surface area contributed by atoms with E-state index in [0.29, 0.717) is 18.0 Å². The summed E-state index contributed by atoms with van der Waals surface area (Å²) in [6.07, 6.45) is 3.28. The van der Waals surface area contributed by atoms with Gasteiger partial charge in [-0.1, -0.05) is 54.5 Å². The molecule has 1 aromatic heterocycles. The Labute approximate surface area is 171 Å². The number of nitrogens with zero attached hydrogens (tertiary/aromatic N) is 2. The molecule has 0 bridgehead atoms. The SMILES string of the molecule is O=C(CCN1C(=O)NC2(CCCC2)C1=O)Nc1nc2c(ccc3ccccc32)s1. The van der Waals surface area contributed by atoms with Gasteiger partial charge < -0.3 is 10.6 Å². The standard InChI is InChI=1S/C21H20N4O3S/c26-16(9-12-25-18(27)21(24-20(25)28)10-3-4-11-21)22-19-23-17-14-6-2-1-5-13(14)7-8-15(17)29-19/h1-2,5-8H,3-4,9-12H2,(H,24,28)(H,22,23,26). The Balaban J connectivity index is 1.27. The molecule has 2 fully saturated rings. The van der Waals surface area contributed by atoms with E-state index < -0.39 is 11.6 Å². The van der Waals surface area contributed by atoms with Crippen molar-refractivity contribution in [2.24, 2.45) is 0 Å². The number of amides is 4. The number of thiazole rings is 1.